The molecule has 0 aromatic heterocycles. The van der Waals surface area contributed by atoms with Gasteiger partial charge in [-0.05, 0) is 178 Å². The molecule has 4 heteroatoms. The van der Waals surface area contributed by atoms with Crippen molar-refractivity contribution in [3.63, 3.8) is 0 Å². The highest BCUT2D eigenvalue weighted by Crippen LogP contribution is 2.53. The first-order valence-electron chi connectivity index (χ1n) is 23.8. The fourth-order valence-electron chi connectivity index (χ4n) is 10.4. The molecule has 11 aromatic rings. The SMILES string of the molecule is CC1(C)c2cc(N(c3ccccc3)c3ccc(N(c4ccccc4)c4ccccc4)cc3)cc3ccc4cc(N(c5ccccc5)c5ccc(N(c6ccccc6)c6ccccc6)cc5)cc1c4c23. The normalized spacial score (nSPS) is 12.3. The molecule has 0 heterocycles. The van der Waals surface area contributed by atoms with Crippen LogP contribution in [-0.2, 0) is 5.41 Å². The maximum absolute atomic E-state index is 2.45. The molecule has 0 N–H and O–H groups in total. The van der Waals surface area contributed by atoms with E-state index in [-0.39, 0.29) is 5.41 Å². The number of hydrogen-bond acceptors (Lipinski definition) is 4. The fraction of sp³-hybridized carbons (Fsp3) is 0.0462. The maximum atomic E-state index is 2.45. The molecule has 0 amide bonds. The van der Waals surface area contributed by atoms with E-state index in [1.807, 2.05) is 0 Å². The highest BCUT2D eigenvalue weighted by Gasteiger charge is 2.36. The highest BCUT2D eigenvalue weighted by atomic mass is 15.2. The molecule has 1 aliphatic rings. The van der Waals surface area contributed by atoms with E-state index < -0.39 is 0 Å². The number of para-hydroxylation sites is 6. The van der Waals surface area contributed by atoms with Crippen LogP contribution in [0.25, 0.3) is 21.5 Å². The summed E-state index contributed by atoms with van der Waals surface area (Å²) in [5.74, 6) is 0. The third kappa shape index (κ3) is 7.53. The van der Waals surface area contributed by atoms with Crippen LogP contribution in [0.4, 0.5) is 68.2 Å². The Morgan fingerprint density at radius 2 is 0.420 bits per heavy atom. The van der Waals surface area contributed by atoms with Crippen molar-refractivity contribution in [2.45, 2.75) is 19.3 Å². The van der Waals surface area contributed by atoms with Crippen molar-refractivity contribution in [3.05, 3.63) is 278 Å². The lowest BCUT2D eigenvalue weighted by molar-refractivity contribution is 0.663. The zero-order valence-corrected chi connectivity index (χ0v) is 38.7. The Morgan fingerprint density at radius 3 is 0.652 bits per heavy atom. The molecule has 0 unspecified atom stereocenters. The first kappa shape index (κ1) is 41.6. The number of anilines is 12. The van der Waals surface area contributed by atoms with Gasteiger partial charge in [-0.15, -0.1) is 0 Å². The Labute approximate surface area is 404 Å². The summed E-state index contributed by atoms with van der Waals surface area (Å²) in [5, 5.41) is 5.15. The van der Waals surface area contributed by atoms with Crippen molar-refractivity contribution in [2.24, 2.45) is 0 Å². The van der Waals surface area contributed by atoms with E-state index in [0.29, 0.717) is 0 Å². The molecule has 0 saturated carbocycles. The molecule has 12 rings (SSSR count). The average molecular weight is 887 g/mol. The van der Waals surface area contributed by atoms with Gasteiger partial charge in [-0.2, -0.15) is 0 Å². The van der Waals surface area contributed by atoms with E-state index in [0.717, 1.165) is 68.2 Å². The van der Waals surface area contributed by atoms with Crippen molar-refractivity contribution in [2.75, 3.05) is 19.6 Å². The largest absolute Gasteiger partial charge is 0.311 e. The Bertz CT molecular complexity index is 3230. The summed E-state index contributed by atoms with van der Waals surface area (Å²) in [7, 11) is 0. The second kappa shape index (κ2) is 17.4. The van der Waals surface area contributed by atoms with Crippen molar-refractivity contribution in [3.8, 4) is 0 Å². The summed E-state index contributed by atoms with van der Waals surface area (Å²) >= 11 is 0. The van der Waals surface area contributed by atoms with E-state index in [1.54, 1.807) is 0 Å². The molecule has 0 atom stereocenters. The lowest BCUT2D eigenvalue weighted by Gasteiger charge is -2.30. The van der Waals surface area contributed by atoms with Gasteiger partial charge in [0.25, 0.3) is 0 Å². The van der Waals surface area contributed by atoms with Gasteiger partial charge in [0.15, 0.2) is 0 Å². The molecule has 0 fully saturated rings. The minimum absolute atomic E-state index is 0.289. The topological polar surface area (TPSA) is 13.0 Å². The smallest absolute Gasteiger partial charge is 0.0471 e. The number of benzene rings is 11. The van der Waals surface area contributed by atoms with Gasteiger partial charge >= 0.3 is 0 Å². The second-order valence-corrected chi connectivity index (χ2v) is 18.3. The quantitative estimate of drug-likeness (QED) is 0.113. The van der Waals surface area contributed by atoms with Gasteiger partial charge < -0.3 is 19.6 Å². The molecule has 0 aliphatic heterocycles. The molecule has 0 bridgehead atoms. The van der Waals surface area contributed by atoms with Gasteiger partial charge in [-0.3, -0.25) is 0 Å². The Morgan fingerprint density at radius 1 is 0.217 bits per heavy atom. The van der Waals surface area contributed by atoms with Crippen LogP contribution in [0.5, 0.6) is 0 Å². The molecule has 330 valence electrons. The first-order chi connectivity index (χ1) is 34.0. The summed E-state index contributed by atoms with van der Waals surface area (Å²) in [6.07, 6.45) is 0. The van der Waals surface area contributed by atoms with Crippen LogP contribution >= 0.6 is 0 Å². The molecular formula is C65H50N4. The minimum Gasteiger partial charge on any atom is -0.311 e. The zero-order chi connectivity index (χ0) is 46.3. The summed E-state index contributed by atoms with van der Waals surface area (Å²) in [6, 6.07) is 96.2. The lowest BCUT2D eigenvalue weighted by atomic mass is 9.81. The Balaban J connectivity index is 0.940. The van der Waals surface area contributed by atoms with E-state index in [9.17, 15) is 0 Å². The lowest BCUT2D eigenvalue weighted by Crippen LogP contribution is -2.18. The van der Waals surface area contributed by atoms with Crippen molar-refractivity contribution >= 4 is 89.8 Å². The number of hydrogen-bond donors (Lipinski definition) is 0. The van der Waals surface area contributed by atoms with Crippen molar-refractivity contribution < 1.29 is 0 Å². The molecule has 69 heavy (non-hydrogen) atoms. The van der Waals surface area contributed by atoms with Crippen LogP contribution in [0.1, 0.15) is 25.0 Å². The molecule has 11 aromatic carbocycles. The summed E-state index contributed by atoms with van der Waals surface area (Å²) < 4.78 is 0. The number of nitrogens with zero attached hydrogens (tertiary/aromatic N) is 4. The van der Waals surface area contributed by atoms with Gasteiger partial charge in [0, 0.05) is 73.7 Å². The maximum Gasteiger partial charge on any atom is 0.0471 e. The zero-order valence-electron chi connectivity index (χ0n) is 38.7. The van der Waals surface area contributed by atoms with Crippen molar-refractivity contribution in [1.29, 1.82) is 0 Å². The van der Waals surface area contributed by atoms with E-state index in [4.69, 9.17) is 0 Å². The monoisotopic (exact) mass is 886 g/mol. The summed E-state index contributed by atoms with van der Waals surface area (Å²) in [5.41, 5.74) is 15.7. The molecule has 0 saturated heterocycles. The second-order valence-electron chi connectivity index (χ2n) is 18.3. The molecule has 1 aliphatic carbocycles. The predicted octanol–water partition coefficient (Wildman–Crippen LogP) is 18.5. The Kier molecular flexibility index (Phi) is 10.5. The average Bonchev–Trinajstić information content (AvgIpc) is 3.64. The third-order valence-corrected chi connectivity index (χ3v) is 13.7. The van der Waals surface area contributed by atoms with Crippen LogP contribution in [-0.4, -0.2) is 0 Å². The Hall–Kier alpha value is -8.86. The first-order valence-corrected chi connectivity index (χ1v) is 23.8. The van der Waals surface area contributed by atoms with Gasteiger partial charge in [-0.25, -0.2) is 0 Å². The van der Waals surface area contributed by atoms with Gasteiger partial charge in [0.1, 0.15) is 0 Å². The summed E-state index contributed by atoms with van der Waals surface area (Å²) in [4.78, 5) is 9.43. The standard InChI is InChI=1S/C65H50N4/c1-65(2)61-45-59(68(53-29-17-7-18-30-53)57-39-35-55(36-40-57)66(49-21-9-3-10-22-49)50-23-11-4-12-24-50)43-47-33-34-48-44-60(46-62(65)64(48)63(47)61)69(54-31-19-8-20-32-54)58-41-37-56(38-42-58)67(51-25-13-5-14-26-51)52-27-15-6-16-28-52/h3-46H,1-2H3. The van der Waals surface area contributed by atoms with Crippen LogP contribution in [0, 0.1) is 0 Å². The number of rotatable bonds is 12. The van der Waals surface area contributed by atoms with Crippen molar-refractivity contribution in [1.82, 2.24) is 0 Å². The minimum atomic E-state index is -0.289. The van der Waals surface area contributed by atoms with E-state index >= 15 is 0 Å². The van der Waals surface area contributed by atoms with Gasteiger partial charge in [-0.1, -0.05) is 135 Å². The molecule has 4 nitrogen and oxygen atoms in total. The van der Waals surface area contributed by atoms with Gasteiger partial charge in [0.05, 0.1) is 0 Å². The van der Waals surface area contributed by atoms with E-state index in [2.05, 4.69) is 300 Å². The highest BCUT2D eigenvalue weighted by molar-refractivity contribution is 6.17. The van der Waals surface area contributed by atoms with Crippen LogP contribution in [0.2, 0.25) is 0 Å². The van der Waals surface area contributed by atoms with E-state index in [1.165, 1.54) is 32.7 Å². The van der Waals surface area contributed by atoms with Gasteiger partial charge in [0.2, 0.25) is 0 Å². The van der Waals surface area contributed by atoms with Crippen LogP contribution in [0.15, 0.2) is 267 Å². The fourth-order valence-corrected chi connectivity index (χ4v) is 10.4. The van der Waals surface area contributed by atoms with Crippen LogP contribution in [0.3, 0.4) is 0 Å². The summed E-state index contributed by atoms with van der Waals surface area (Å²) in [6.45, 7) is 4.80. The predicted molar refractivity (Wildman–Crippen MR) is 292 cm³/mol. The molecule has 0 spiro atoms. The molecule has 0 radical (unpaired) electrons. The molecular weight excluding hydrogens is 837 g/mol. The van der Waals surface area contributed by atoms with Crippen LogP contribution < -0.4 is 19.6 Å². The third-order valence-electron chi connectivity index (χ3n) is 13.7.